The third-order valence-corrected chi connectivity index (χ3v) is 5.24. The number of carbonyl (C=O) groups excluding carboxylic acids is 1. The molecule has 0 spiro atoms. The Labute approximate surface area is 152 Å². The molecule has 0 aliphatic carbocycles. The van der Waals surface area contributed by atoms with Gasteiger partial charge in [0.1, 0.15) is 12.4 Å². The smallest absolute Gasteiger partial charge is 0.249 e. The molecule has 2 aromatic rings. The largest absolute Gasteiger partial charge is 0.382 e. The van der Waals surface area contributed by atoms with E-state index in [4.69, 9.17) is 9.47 Å². The minimum atomic E-state index is 0.0635. The Balaban J connectivity index is 1.52. The van der Waals surface area contributed by atoms with Crippen LogP contribution in [0.2, 0.25) is 0 Å². The molecule has 1 aromatic carbocycles. The summed E-state index contributed by atoms with van der Waals surface area (Å²) in [4.78, 5) is 14.7. The molecule has 1 amide bonds. The molecule has 1 fully saturated rings. The van der Waals surface area contributed by atoms with Crippen molar-refractivity contribution < 1.29 is 14.3 Å². The monoisotopic (exact) mass is 356 g/mol. The average Bonchev–Trinajstić information content (AvgIpc) is 3.19. The third kappa shape index (κ3) is 3.24. The van der Waals surface area contributed by atoms with Crippen molar-refractivity contribution in [1.82, 2.24) is 19.7 Å². The number of rotatable bonds is 6. The molecular weight excluding hydrogens is 332 g/mol. The molecule has 7 heteroatoms. The molecule has 0 saturated carbocycles. The molecule has 3 heterocycles. The van der Waals surface area contributed by atoms with Gasteiger partial charge in [0.2, 0.25) is 5.91 Å². The topological polar surface area (TPSA) is 69.5 Å². The van der Waals surface area contributed by atoms with Gasteiger partial charge in [0.15, 0.2) is 5.82 Å². The Morgan fingerprint density at radius 1 is 1.15 bits per heavy atom. The van der Waals surface area contributed by atoms with Crippen LogP contribution >= 0.6 is 0 Å². The first-order valence-corrected chi connectivity index (χ1v) is 9.13. The lowest BCUT2D eigenvalue weighted by molar-refractivity contribution is -0.139. The van der Waals surface area contributed by atoms with E-state index in [1.165, 1.54) is 0 Å². The predicted molar refractivity (Wildman–Crippen MR) is 95.5 cm³/mol. The van der Waals surface area contributed by atoms with Crippen molar-refractivity contribution in [2.75, 3.05) is 26.9 Å². The van der Waals surface area contributed by atoms with Gasteiger partial charge in [-0.15, -0.1) is 10.2 Å². The van der Waals surface area contributed by atoms with Crippen molar-refractivity contribution in [2.45, 2.75) is 37.9 Å². The summed E-state index contributed by atoms with van der Waals surface area (Å²) >= 11 is 0. The highest BCUT2D eigenvalue weighted by atomic mass is 16.5. The number of methoxy groups -OCH3 is 1. The van der Waals surface area contributed by atoms with Gasteiger partial charge in [0.05, 0.1) is 19.3 Å². The SMILES string of the molecule is COCCOCC(=O)N1C2CCC1Cn1c(nnc1-c1ccccc1)C2. The van der Waals surface area contributed by atoms with Crippen LogP contribution in [0, 0.1) is 0 Å². The van der Waals surface area contributed by atoms with Crippen LogP contribution in [0.25, 0.3) is 11.4 Å². The number of carbonyl (C=O) groups is 1. The molecule has 138 valence electrons. The van der Waals surface area contributed by atoms with Gasteiger partial charge in [-0.1, -0.05) is 30.3 Å². The first-order chi connectivity index (χ1) is 12.8. The van der Waals surface area contributed by atoms with Crippen LogP contribution in [0.5, 0.6) is 0 Å². The number of nitrogens with zero attached hydrogens (tertiary/aromatic N) is 4. The summed E-state index contributed by atoms with van der Waals surface area (Å²) in [5.41, 5.74) is 1.06. The molecule has 2 aliphatic heterocycles. The third-order valence-electron chi connectivity index (χ3n) is 5.24. The molecule has 1 aromatic heterocycles. The van der Waals surface area contributed by atoms with Gasteiger partial charge in [-0.25, -0.2) is 0 Å². The van der Waals surface area contributed by atoms with Gasteiger partial charge in [0, 0.05) is 31.7 Å². The molecule has 2 bridgehead atoms. The van der Waals surface area contributed by atoms with Crippen molar-refractivity contribution >= 4 is 5.91 Å². The molecule has 4 rings (SSSR count). The highest BCUT2D eigenvalue weighted by Crippen LogP contribution is 2.33. The summed E-state index contributed by atoms with van der Waals surface area (Å²) in [7, 11) is 1.63. The number of aromatic nitrogens is 3. The molecule has 7 nitrogen and oxygen atoms in total. The van der Waals surface area contributed by atoms with E-state index in [1.54, 1.807) is 7.11 Å². The van der Waals surface area contributed by atoms with Gasteiger partial charge < -0.3 is 18.9 Å². The van der Waals surface area contributed by atoms with Crippen LogP contribution in [0.3, 0.4) is 0 Å². The predicted octanol–water partition coefficient (Wildman–Crippen LogP) is 1.52. The summed E-state index contributed by atoms with van der Waals surface area (Å²) in [6.07, 6.45) is 2.78. The molecule has 2 aliphatic rings. The molecule has 0 radical (unpaired) electrons. The van der Waals surface area contributed by atoms with Gasteiger partial charge in [-0.2, -0.15) is 0 Å². The summed E-state index contributed by atoms with van der Waals surface area (Å²) in [6, 6.07) is 10.5. The second kappa shape index (κ2) is 7.55. The average molecular weight is 356 g/mol. The molecule has 1 saturated heterocycles. The zero-order valence-corrected chi connectivity index (χ0v) is 15.0. The Kier molecular flexibility index (Phi) is 4.99. The van der Waals surface area contributed by atoms with E-state index in [2.05, 4.69) is 14.8 Å². The zero-order chi connectivity index (χ0) is 17.9. The lowest BCUT2D eigenvalue weighted by atomic mass is 10.1. The highest BCUT2D eigenvalue weighted by molar-refractivity contribution is 5.78. The van der Waals surface area contributed by atoms with E-state index in [0.717, 1.165) is 43.0 Å². The van der Waals surface area contributed by atoms with Crippen molar-refractivity contribution in [3.8, 4) is 11.4 Å². The van der Waals surface area contributed by atoms with E-state index in [0.29, 0.717) is 13.2 Å². The lowest BCUT2D eigenvalue weighted by Crippen LogP contribution is -2.44. The first-order valence-electron chi connectivity index (χ1n) is 9.13. The Morgan fingerprint density at radius 3 is 2.77 bits per heavy atom. The van der Waals surface area contributed by atoms with Gasteiger partial charge in [0.25, 0.3) is 0 Å². The maximum atomic E-state index is 12.7. The minimum Gasteiger partial charge on any atom is -0.382 e. The number of ether oxygens (including phenoxy) is 2. The standard InChI is InChI=1S/C19H24N4O3/c1-25-9-10-26-13-18(24)23-15-7-8-16(23)12-22-17(11-15)20-21-19(22)14-5-3-2-4-6-14/h2-6,15-16H,7-13H2,1H3. The quantitative estimate of drug-likeness (QED) is 0.734. The van der Waals surface area contributed by atoms with Gasteiger partial charge in [-0.3, -0.25) is 4.79 Å². The normalized spacial score (nSPS) is 21.5. The number of amides is 1. The fourth-order valence-corrected chi connectivity index (χ4v) is 4.02. The van der Waals surface area contributed by atoms with E-state index >= 15 is 0 Å². The summed E-state index contributed by atoms with van der Waals surface area (Å²) < 4.78 is 12.6. The lowest BCUT2D eigenvalue weighted by Gasteiger charge is -2.28. The molecule has 2 atom stereocenters. The van der Waals surface area contributed by atoms with Gasteiger partial charge >= 0.3 is 0 Å². The van der Waals surface area contributed by atoms with E-state index in [-0.39, 0.29) is 24.6 Å². The number of benzene rings is 1. The second-order valence-corrected chi connectivity index (χ2v) is 6.85. The minimum absolute atomic E-state index is 0.0635. The van der Waals surface area contributed by atoms with Crippen molar-refractivity contribution in [3.05, 3.63) is 36.2 Å². The fourth-order valence-electron chi connectivity index (χ4n) is 4.02. The molecule has 2 unspecified atom stereocenters. The zero-order valence-electron chi connectivity index (χ0n) is 15.0. The molecular formula is C19H24N4O3. The summed E-state index contributed by atoms with van der Waals surface area (Å²) in [5, 5.41) is 8.84. The van der Waals surface area contributed by atoms with E-state index < -0.39 is 0 Å². The van der Waals surface area contributed by atoms with Crippen molar-refractivity contribution in [3.63, 3.8) is 0 Å². The number of fused-ring (bicyclic) bond motifs is 3. The Bertz CT molecular complexity index is 761. The van der Waals surface area contributed by atoms with Gasteiger partial charge in [-0.05, 0) is 12.8 Å². The summed E-state index contributed by atoms with van der Waals surface area (Å²) in [5.74, 6) is 1.92. The Hall–Kier alpha value is -2.25. The first kappa shape index (κ1) is 17.2. The van der Waals surface area contributed by atoms with Crippen LogP contribution in [-0.4, -0.2) is 64.6 Å². The van der Waals surface area contributed by atoms with Crippen LogP contribution in [0.1, 0.15) is 18.7 Å². The van der Waals surface area contributed by atoms with E-state index in [1.807, 2.05) is 35.2 Å². The molecule has 0 N–H and O–H groups in total. The van der Waals surface area contributed by atoms with Crippen LogP contribution in [0.4, 0.5) is 0 Å². The summed E-state index contributed by atoms with van der Waals surface area (Å²) in [6.45, 7) is 1.80. The number of hydrogen-bond donors (Lipinski definition) is 0. The fraction of sp³-hybridized carbons (Fsp3) is 0.526. The second-order valence-electron chi connectivity index (χ2n) is 6.85. The van der Waals surface area contributed by atoms with Crippen LogP contribution < -0.4 is 0 Å². The maximum absolute atomic E-state index is 12.7. The Morgan fingerprint density at radius 2 is 1.96 bits per heavy atom. The highest BCUT2D eigenvalue weighted by Gasteiger charge is 2.41. The number of hydrogen-bond acceptors (Lipinski definition) is 5. The van der Waals surface area contributed by atoms with Crippen LogP contribution in [-0.2, 0) is 27.2 Å². The van der Waals surface area contributed by atoms with Crippen LogP contribution in [0.15, 0.2) is 30.3 Å². The molecule has 26 heavy (non-hydrogen) atoms. The maximum Gasteiger partial charge on any atom is 0.249 e. The van der Waals surface area contributed by atoms with Crippen molar-refractivity contribution in [2.24, 2.45) is 0 Å². The van der Waals surface area contributed by atoms with Crippen molar-refractivity contribution in [1.29, 1.82) is 0 Å². The van der Waals surface area contributed by atoms with E-state index in [9.17, 15) is 4.79 Å².